The van der Waals surface area contributed by atoms with Crippen molar-refractivity contribution in [3.8, 4) is 5.75 Å². The monoisotopic (exact) mass is 614 g/mol. The van der Waals surface area contributed by atoms with Crippen molar-refractivity contribution in [1.82, 2.24) is 0 Å². The molecule has 4 aromatic rings. The van der Waals surface area contributed by atoms with Gasteiger partial charge in [-0.3, -0.25) is 4.55 Å². The van der Waals surface area contributed by atoms with Crippen LogP contribution in [-0.2, 0) is 10.1 Å². The first-order chi connectivity index (χ1) is 21.3. The predicted octanol–water partition coefficient (Wildman–Crippen LogP) is 11.1. The van der Waals surface area contributed by atoms with Crippen molar-refractivity contribution < 1.29 is 17.7 Å². The first-order valence-corrected chi connectivity index (χ1v) is 17.0. The molecule has 0 fully saturated rings. The topological polar surface area (TPSA) is 113 Å². The van der Waals surface area contributed by atoms with Crippen LogP contribution in [0.15, 0.2) is 99.3 Å². The van der Waals surface area contributed by atoms with Crippen LogP contribution in [0.3, 0.4) is 0 Å². The largest absolute Gasteiger partial charge is 0.491 e. The van der Waals surface area contributed by atoms with E-state index in [-0.39, 0.29) is 5.75 Å². The van der Waals surface area contributed by atoms with Gasteiger partial charge >= 0.3 is 0 Å². The summed E-state index contributed by atoms with van der Waals surface area (Å²) in [5.74, 6) is 0.585. The molecule has 0 spiro atoms. The molecule has 44 heavy (non-hydrogen) atoms. The molecule has 0 saturated heterocycles. The maximum atomic E-state index is 10.8. The molecular formula is C35H42N4O4S. The lowest BCUT2D eigenvalue weighted by Crippen LogP contribution is -2.03. The molecular weight excluding hydrogens is 572 g/mol. The van der Waals surface area contributed by atoms with Gasteiger partial charge < -0.3 is 4.74 Å². The molecule has 0 aromatic heterocycles. The molecule has 0 unspecified atom stereocenters. The molecule has 0 atom stereocenters. The number of hydrogen-bond acceptors (Lipinski definition) is 7. The molecule has 9 heteroatoms. The Morgan fingerprint density at radius 1 is 0.636 bits per heavy atom. The van der Waals surface area contributed by atoms with Gasteiger partial charge in [0.05, 0.1) is 29.4 Å². The van der Waals surface area contributed by atoms with Gasteiger partial charge in [-0.1, -0.05) is 93.5 Å². The van der Waals surface area contributed by atoms with Crippen LogP contribution in [-0.4, -0.2) is 25.3 Å². The van der Waals surface area contributed by atoms with Gasteiger partial charge in [0.2, 0.25) is 0 Å². The molecule has 0 amide bonds. The summed E-state index contributed by atoms with van der Waals surface area (Å²) < 4.78 is 36.5. The van der Waals surface area contributed by atoms with Gasteiger partial charge in [-0.2, -0.15) is 23.8 Å². The second-order valence-corrected chi connectivity index (χ2v) is 12.7. The first kappa shape index (κ1) is 33.0. The maximum absolute atomic E-state index is 10.8. The molecule has 4 aromatic carbocycles. The molecule has 232 valence electrons. The average Bonchev–Trinajstić information content (AvgIpc) is 3.00. The molecule has 4 rings (SSSR count). The normalized spacial score (nSPS) is 12.1. The Hall–Kier alpha value is -3.95. The zero-order chi connectivity index (χ0) is 31.2. The van der Waals surface area contributed by atoms with E-state index in [9.17, 15) is 8.42 Å². The van der Waals surface area contributed by atoms with E-state index in [1.54, 1.807) is 0 Å². The molecule has 8 nitrogen and oxygen atoms in total. The van der Waals surface area contributed by atoms with E-state index in [1.807, 2.05) is 80.6 Å². The van der Waals surface area contributed by atoms with E-state index in [4.69, 9.17) is 9.29 Å². The molecule has 1 N–H and O–H groups in total. The zero-order valence-electron chi connectivity index (χ0n) is 25.7. The maximum Gasteiger partial charge on any atom is 0.264 e. The number of benzene rings is 4. The van der Waals surface area contributed by atoms with E-state index < -0.39 is 10.1 Å². The minimum atomic E-state index is -3.83. The molecule has 0 aliphatic carbocycles. The third-order valence-corrected chi connectivity index (χ3v) is 8.30. The third kappa shape index (κ3) is 10.6. The van der Waals surface area contributed by atoms with Crippen LogP contribution in [0.4, 0.5) is 22.7 Å². The minimum absolute atomic E-state index is 0.136. The van der Waals surface area contributed by atoms with Crippen molar-refractivity contribution >= 4 is 43.6 Å². The van der Waals surface area contributed by atoms with Crippen molar-refractivity contribution in [2.45, 2.75) is 71.6 Å². The number of rotatable bonds is 17. The summed E-state index contributed by atoms with van der Waals surface area (Å²) in [5.41, 5.74) is 5.12. The fraction of sp³-hybridized carbons (Fsp3) is 0.371. The third-order valence-electron chi connectivity index (χ3n) is 7.49. The second-order valence-electron chi connectivity index (χ2n) is 11.1. The minimum Gasteiger partial charge on any atom is -0.491 e. The Bertz CT molecular complexity index is 1690. The zero-order valence-corrected chi connectivity index (χ0v) is 26.5. The highest BCUT2D eigenvalue weighted by atomic mass is 32.2. The van der Waals surface area contributed by atoms with Crippen LogP contribution < -0.4 is 4.74 Å². The highest BCUT2D eigenvalue weighted by molar-refractivity contribution is 7.85. The van der Waals surface area contributed by atoms with E-state index >= 15 is 0 Å². The molecule has 0 saturated carbocycles. The lowest BCUT2D eigenvalue weighted by Gasteiger charge is -2.11. The summed E-state index contributed by atoms with van der Waals surface area (Å²) in [6.45, 7) is 4.61. The number of fused-ring (bicyclic) bond motifs is 1. The fourth-order valence-electron chi connectivity index (χ4n) is 4.97. The van der Waals surface area contributed by atoms with Gasteiger partial charge in [-0.05, 0) is 73.5 Å². The van der Waals surface area contributed by atoms with E-state index in [0.717, 1.165) is 102 Å². The standard InChI is InChI=1S/C35H42N4O4S/c1-27-16-10-13-19-32(27)37-36-30-21-22-33(28(2)26-30)38-39-35-31-18-12-11-17-29(31)20-23-34(35)43-24-14-8-6-4-3-5-7-9-15-25-44(40,41)42/h10-13,16-23,26H,3-9,14-15,24-25H2,1-2H3,(H,40,41,42)/b37-36+,39-38+. The van der Waals surface area contributed by atoms with Crippen LogP contribution in [0, 0.1) is 13.8 Å². The van der Waals surface area contributed by atoms with Crippen molar-refractivity contribution in [3.05, 3.63) is 90.0 Å². The molecule has 0 aliphatic heterocycles. The average molecular weight is 615 g/mol. The SMILES string of the molecule is Cc1ccccc1/N=N/c1ccc(/N=N/c2c(OCCCCCCCCCCCS(=O)(=O)O)ccc3ccccc23)c(C)c1. The van der Waals surface area contributed by atoms with Gasteiger partial charge in [0.15, 0.2) is 0 Å². The summed E-state index contributed by atoms with van der Waals surface area (Å²) >= 11 is 0. The van der Waals surface area contributed by atoms with Crippen LogP contribution in [0.25, 0.3) is 10.8 Å². The molecule has 0 bridgehead atoms. The fourth-order valence-corrected chi connectivity index (χ4v) is 5.53. The second kappa shape index (κ2) is 16.8. The van der Waals surface area contributed by atoms with Crippen LogP contribution in [0.1, 0.15) is 68.9 Å². The smallest absolute Gasteiger partial charge is 0.264 e. The highest BCUT2D eigenvalue weighted by Crippen LogP contribution is 2.38. The number of ether oxygens (including phenoxy) is 1. The lowest BCUT2D eigenvalue weighted by molar-refractivity contribution is 0.305. The molecule has 0 heterocycles. The van der Waals surface area contributed by atoms with Crippen LogP contribution in [0.2, 0.25) is 0 Å². The Kier molecular flexibility index (Phi) is 12.6. The number of azo groups is 2. The van der Waals surface area contributed by atoms with Gasteiger partial charge in [0.1, 0.15) is 11.4 Å². The Balaban J connectivity index is 1.30. The molecule has 0 radical (unpaired) electrons. The van der Waals surface area contributed by atoms with E-state index in [0.29, 0.717) is 13.0 Å². The summed E-state index contributed by atoms with van der Waals surface area (Å²) in [4.78, 5) is 0. The predicted molar refractivity (Wildman–Crippen MR) is 178 cm³/mol. The number of aryl methyl sites for hydroxylation is 2. The first-order valence-electron chi connectivity index (χ1n) is 15.4. The van der Waals surface area contributed by atoms with Gasteiger partial charge in [0.25, 0.3) is 10.1 Å². The lowest BCUT2D eigenvalue weighted by atomic mass is 10.1. The molecule has 0 aliphatic rings. The van der Waals surface area contributed by atoms with Gasteiger partial charge in [0, 0.05) is 5.39 Å². The number of hydrogen-bond donors (Lipinski definition) is 1. The quantitative estimate of drug-likeness (QED) is 0.0724. The Morgan fingerprint density at radius 2 is 1.27 bits per heavy atom. The van der Waals surface area contributed by atoms with Gasteiger partial charge in [-0.25, -0.2) is 0 Å². The van der Waals surface area contributed by atoms with Crippen molar-refractivity contribution in [2.75, 3.05) is 12.4 Å². The summed E-state index contributed by atoms with van der Waals surface area (Å²) in [7, 11) is -3.83. The Labute approximate surface area is 261 Å². The van der Waals surface area contributed by atoms with Crippen LogP contribution in [0.5, 0.6) is 5.75 Å². The summed E-state index contributed by atoms with van der Waals surface area (Å²) in [5, 5.41) is 20.2. The van der Waals surface area contributed by atoms with Gasteiger partial charge in [-0.15, -0.1) is 5.11 Å². The number of nitrogens with zero attached hydrogens (tertiary/aromatic N) is 4. The van der Waals surface area contributed by atoms with E-state index in [2.05, 4.69) is 32.6 Å². The van der Waals surface area contributed by atoms with E-state index in [1.165, 1.54) is 0 Å². The van der Waals surface area contributed by atoms with Crippen molar-refractivity contribution in [2.24, 2.45) is 20.5 Å². The number of unbranched alkanes of at least 4 members (excludes halogenated alkanes) is 8. The Morgan fingerprint density at radius 3 is 2.00 bits per heavy atom. The summed E-state index contributed by atoms with van der Waals surface area (Å²) in [6, 6.07) is 25.8. The summed E-state index contributed by atoms with van der Waals surface area (Å²) in [6.07, 6.45) is 8.92. The van der Waals surface area contributed by atoms with Crippen molar-refractivity contribution in [1.29, 1.82) is 0 Å². The highest BCUT2D eigenvalue weighted by Gasteiger charge is 2.10. The van der Waals surface area contributed by atoms with Crippen LogP contribution >= 0.6 is 0 Å². The van der Waals surface area contributed by atoms with Crippen molar-refractivity contribution in [3.63, 3.8) is 0 Å².